The van der Waals surface area contributed by atoms with Gasteiger partial charge in [-0.1, -0.05) is 12.1 Å². The lowest BCUT2D eigenvalue weighted by Crippen LogP contribution is -2.19. The molecule has 0 saturated heterocycles. The Morgan fingerprint density at radius 3 is 2.88 bits per heavy atom. The normalized spacial score (nSPS) is 9.56. The van der Waals surface area contributed by atoms with Gasteiger partial charge in [-0.05, 0) is 36.3 Å². The molecule has 0 aliphatic carbocycles. The zero-order chi connectivity index (χ0) is 12.0. The summed E-state index contributed by atoms with van der Waals surface area (Å²) in [7, 11) is 1.63. The standard InChI is InChI=1S/C11H15N3OS/c1-13-10(15)6-5-8-3-2-4-9(7-8)14-11(12)16/h2-4,7H,5-6H2,1H3,(H,13,15)(H3,12,14,16). The second-order valence-electron chi connectivity index (χ2n) is 3.36. The number of hydrogen-bond donors (Lipinski definition) is 3. The second-order valence-corrected chi connectivity index (χ2v) is 3.80. The minimum absolute atomic E-state index is 0.0349. The fourth-order valence-corrected chi connectivity index (χ4v) is 1.45. The Morgan fingerprint density at radius 1 is 1.50 bits per heavy atom. The fraction of sp³-hybridized carbons (Fsp3) is 0.273. The van der Waals surface area contributed by atoms with Crippen LogP contribution in [0.15, 0.2) is 24.3 Å². The molecule has 0 atom stereocenters. The van der Waals surface area contributed by atoms with Crippen molar-refractivity contribution in [3.63, 3.8) is 0 Å². The predicted molar refractivity (Wildman–Crippen MR) is 69.2 cm³/mol. The van der Waals surface area contributed by atoms with Crippen molar-refractivity contribution in [2.75, 3.05) is 12.4 Å². The van der Waals surface area contributed by atoms with Crippen LogP contribution in [0.2, 0.25) is 0 Å². The van der Waals surface area contributed by atoms with E-state index < -0.39 is 0 Å². The van der Waals surface area contributed by atoms with Gasteiger partial charge in [0.25, 0.3) is 0 Å². The molecule has 4 N–H and O–H groups in total. The molecule has 0 unspecified atom stereocenters. The smallest absolute Gasteiger partial charge is 0.220 e. The third kappa shape index (κ3) is 4.27. The van der Waals surface area contributed by atoms with Crippen LogP contribution in [0.25, 0.3) is 0 Å². The molecule has 1 rings (SSSR count). The maximum Gasteiger partial charge on any atom is 0.220 e. The maximum atomic E-state index is 11.1. The first kappa shape index (κ1) is 12.4. The number of anilines is 1. The average Bonchev–Trinajstić information content (AvgIpc) is 2.25. The third-order valence-electron chi connectivity index (χ3n) is 2.11. The number of amides is 1. The van der Waals surface area contributed by atoms with Crippen molar-refractivity contribution in [1.82, 2.24) is 5.32 Å². The lowest BCUT2D eigenvalue weighted by atomic mass is 10.1. The lowest BCUT2D eigenvalue weighted by Gasteiger charge is -2.06. The molecule has 0 spiro atoms. The van der Waals surface area contributed by atoms with Crippen molar-refractivity contribution in [3.8, 4) is 0 Å². The summed E-state index contributed by atoms with van der Waals surface area (Å²) in [6, 6.07) is 7.68. The summed E-state index contributed by atoms with van der Waals surface area (Å²) in [6.45, 7) is 0. The number of carbonyl (C=O) groups is 1. The number of thiocarbonyl (C=S) groups is 1. The molecular weight excluding hydrogens is 222 g/mol. The van der Waals surface area contributed by atoms with Crippen molar-refractivity contribution < 1.29 is 4.79 Å². The van der Waals surface area contributed by atoms with E-state index in [-0.39, 0.29) is 11.0 Å². The van der Waals surface area contributed by atoms with Crippen molar-refractivity contribution in [1.29, 1.82) is 0 Å². The van der Waals surface area contributed by atoms with Gasteiger partial charge in [-0.15, -0.1) is 0 Å². The highest BCUT2D eigenvalue weighted by Gasteiger charge is 2.00. The van der Waals surface area contributed by atoms with Gasteiger partial charge in [0.1, 0.15) is 0 Å². The molecule has 0 aliphatic rings. The molecule has 0 aliphatic heterocycles. The average molecular weight is 237 g/mol. The molecule has 16 heavy (non-hydrogen) atoms. The van der Waals surface area contributed by atoms with Crippen LogP contribution in [-0.2, 0) is 11.2 Å². The van der Waals surface area contributed by atoms with E-state index in [4.69, 9.17) is 18.0 Å². The van der Waals surface area contributed by atoms with Gasteiger partial charge in [0.05, 0.1) is 0 Å². The zero-order valence-electron chi connectivity index (χ0n) is 9.12. The fourth-order valence-electron chi connectivity index (χ4n) is 1.33. The molecule has 1 amide bonds. The monoisotopic (exact) mass is 237 g/mol. The number of benzene rings is 1. The molecule has 0 radical (unpaired) electrons. The molecule has 1 aromatic carbocycles. The van der Waals surface area contributed by atoms with Crippen LogP contribution < -0.4 is 16.4 Å². The Morgan fingerprint density at radius 2 is 2.25 bits per heavy atom. The summed E-state index contributed by atoms with van der Waals surface area (Å²) in [6.07, 6.45) is 1.18. The molecule has 0 saturated carbocycles. The first-order chi connectivity index (χ1) is 7.61. The summed E-state index contributed by atoms with van der Waals surface area (Å²) < 4.78 is 0. The van der Waals surface area contributed by atoms with E-state index in [0.29, 0.717) is 12.8 Å². The molecule has 4 nitrogen and oxygen atoms in total. The van der Waals surface area contributed by atoms with Gasteiger partial charge < -0.3 is 16.4 Å². The van der Waals surface area contributed by atoms with Gasteiger partial charge in [0.15, 0.2) is 5.11 Å². The van der Waals surface area contributed by atoms with Crippen molar-refractivity contribution in [3.05, 3.63) is 29.8 Å². The van der Waals surface area contributed by atoms with E-state index in [2.05, 4.69) is 10.6 Å². The van der Waals surface area contributed by atoms with Gasteiger partial charge in [-0.3, -0.25) is 4.79 Å². The van der Waals surface area contributed by atoms with Gasteiger partial charge in [-0.2, -0.15) is 0 Å². The molecule has 0 bridgehead atoms. The summed E-state index contributed by atoms with van der Waals surface area (Å²) in [5.41, 5.74) is 7.30. The summed E-state index contributed by atoms with van der Waals surface area (Å²) in [5, 5.41) is 5.68. The van der Waals surface area contributed by atoms with Crippen LogP contribution in [-0.4, -0.2) is 18.1 Å². The largest absolute Gasteiger partial charge is 0.376 e. The number of rotatable bonds is 4. The van der Waals surface area contributed by atoms with Crippen LogP contribution in [0.4, 0.5) is 5.69 Å². The molecule has 5 heteroatoms. The van der Waals surface area contributed by atoms with Crippen molar-refractivity contribution in [2.24, 2.45) is 5.73 Å². The Balaban J connectivity index is 2.60. The molecule has 0 aromatic heterocycles. The first-order valence-corrected chi connectivity index (χ1v) is 5.38. The number of nitrogens with two attached hydrogens (primary N) is 1. The maximum absolute atomic E-state index is 11.1. The van der Waals surface area contributed by atoms with Crippen LogP contribution >= 0.6 is 12.2 Å². The van der Waals surface area contributed by atoms with E-state index in [1.165, 1.54) is 0 Å². The lowest BCUT2D eigenvalue weighted by molar-refractivity contribution is -0.120. The van der Waals surface area contributed by atoms with Crippen LogP contribution in [0.1, 0.15) is 12.0 Å². The third-order valence-corrected chi connectivity index (χ3v) is 2.22. The first-order valence-electron chi connectivity index (χ1n) is 4.98. The molecular formula is C11H15N3OS. The number of nitrogens with one attached hydrogen (secondary N) is 2. The van der Waals surface area contributed by atoms with Gasteiger partial charge >= 0.3 is 0 Å². The Kier molecular flexibility index (Phi) is 4.72. The SMILES string of the molecule is CNC(=O)CCc1cccc(NC(N)=S)c1. The number of hydrogen-bond acceptors (Lipinski definition) is 2. The topological polar surface area (TPSA) is 67.2 Å². The molecule has 86 valence electrons. The Hall–Kier alpha value is -1.62. The number of carbonyl (C=O) groups excluding carboxylic acids is 1. The van der Waals surface area contributed by atoms with Gasteiger partial charge in [0, 0.05) is 19.2 Å². The van der Waals surface area contributed by atoms with E-state index in [0.717, 1.165) is 11.3 Å². The Labute approximate surface area is 100 Å². The quantitative estimate of drug-likeness (QED) is 0.684. The van der Waals surface area contributed by atoms with E-state index in [1.54, 1.807) is 7.05 Å². The summed E-state index contributed by atoms with van der Waals surface area (Å²) in [4.78, 5) is 11.1. The predicted octanol–water partition coefficient (Wildman–Crippen LogP) is 1.02. The van der Waals surface area contributed by atoms with Crippen LogP contribution in [0, 0.1) is 0 Å². The van der Waals surface area contributed by atoms with Crippen molar-refractivity contribution in [2.45, 2.75) is 12.8 Å². The van der Waals surface area contributed by atoms with Crippen LogP contribution in [0.5, 0.6) is 0 Å². The minimum atomic E-state index is 0.0349. The van der Waals surface area contributed by atoms with E-state index >= 15 is 0 Å². The highest BCUT2D eigenvalue weighted by molar-refractivity contribution is 7.80. The van der Waals surface area contributed by atoms with Crippen molar-refractivity contribution >= 4 is 28.9 Å². The summed E-state index contributed by atoms with van der Waals surface area (Å²) >= 11 is 4.75. The van der Waals surface area contributed by atoms with Crippen LogP contribution in [0.3, 0.4) is 0 Å². The molecule has 0 fully saturated rings. The zero-order valence-corrected chi connectivity index (χ0v) is 9.93. The second kappa shape index (κ2) is 6.07. The highest BCUT2D eigenvalue weighted by Crippen LogP contribution is 2.11. The minimum Gasteiger partial charge on any atom is -0.376 e. The van der Waals surface area contributed by atoms with E-state index in [9.17, 15) is 4.79 Å². The number of aryl methyl sites for hydroxylation is 1. The molecule has 1 aromatic rings. The highest BCUT2D eigenvalue weighted by atomic mass is 32.1. The Bertz CT molecular complexity index is 393. The van der Waals surface area contributed by atoms with Gasteiger partial charge in [-0.25, -0.2) is 0 Å². The van der Waals surface area contributed by atoms with E-state index in [1.807, 2.05) is 24.3 Å². The summed E-state index contributed by atoms with van der Waals surface area (Å²) in [5.74, 6) is 0.0349. The van der Waals surface area contributed by atoms with Gasteiger partial charge in [0.2, 0.25) is 5.91 Å². The molecule has 0 heterocycles.